The molecule has 0 saturated heterocycles. The molecule has 0 fully saturated rings. The SMILES string of the molecule is O=C(CNc1ccc(Cl)c(Cl)c1)Nc1c(F)cccc1F. The van der Waals surface area contributed by atoms with E-state index in [9.17, 15) is 13.6 Å². The molecule has 3 nitrogen and oxygen atoms in total. The highest BCUT2D eigenvalue weighted by Gasteiger charge is 2.11. The van der Waals surface area contributed by atoms with Crippen molar-refractivity contribution in [2.75, 3.05) is 17.2 Å². The molecule has 1 amide bonds. The van der Waals surface area contributed by atoms with Gasteiger partial charge < -0.3 is 10.6 Å². The largest absolute Gasteiger partial charge is 0.376 e. The third-order valence-electron chi connectivity index (χ3n) is 2.60. The first kappa shape index (κ1) is 15.5. The van der Waals surface area contributed by atoms with Gasteiger partial charge in [-0.1, -0.05) is 29.3 Å². The summed E-state index contributed by atoms with van der Waals surface area (Å²) in [5.41, 5.74) is 0.0898. The molecule has 0 radical (unpaired) electrons. The van der Waals surface area contributed by atoms with Gasteiger partial charge in [0.15, 0.2) is 0 Å². The molecule has 0 spiro atoms. The number of halogens is 4. The lowest BCUT2D eigenvalue weighted by Crippen LogP contribution is -2.23. The minimum absolute atomic E-state index is 0.175. The molecule has 0 aliphatic carbocycles. The fraction of sp³-hybridized carbons (Fsp3) is 0.0714. The average Bonchev–Trinajstić information content (AvgIpc) is 2.44. The Labute approximate surface area is 129 Å². The van der Waals surface area contributed by atoms with Crippen LogP contribution < -0.4 is 10.6 Å². The predicted molar refractivity (Wildman–Crippen MR) is 79.9 cm³/mol. The molecule has 21 heavy (non-hydrogen) atoms. The Morgan fingerprint density at radius 1 is 1.05 bits per heavy atom. The van der Waals surface area contributed by atoms with Crippen LogP contribution in [0.25, 0.3) is 0 Å². The zero-order valence-corrected chi connectivity index (χ0v) is 12.1. The van der Waals surface area contributed by atoms with Crippen LogP contribution in [0.3, 0.4) is 0 Å². The smallest absolute Gasteiger partial charge is 0.243 e. The molecule has 110 valence electrons. The lowest BCUT2D eigenvalue weighted by Gasteiger charge is -2.09. The second-order valence-electron chi connectivity index (χ2n) is 4.13. The lowest BCUT2D eigenvalue weighted by atomic mass is 10.3. The summed E-state index contributed by atoms with van der Waals surface area (Å²) in [6.07, 6.45) is 0. The maximum atomic E-state index is 13.4. The number of para-hydroxylation sites is 1. The van der Waals surface area contributed by atoms with Gasteiger partial charge in [-0.25, -0.2) is 8.78 Å². The summed E-state index contributed by atoms with van der Waals surface area (Å²) >= 11 is 11.6. The lowest BCUT2D eigenvalue weighted by molar-refractivity contribution is -0.114. The summed E-state index contributed by atoms with van der Waals surface area (Å²) in [5.74, 6) is -2.26. The Kier molecular flexibility index (Phi) is 4.98. The van der Waals surface area contributed by atoms with E-state index < -0.39 is 23.2 Å². The number of carbonyl (C=O) groups is 1. The third kappa shape index (κ3) is 4.06. The quantitative estimate of drug-likeness (QED) is 0.876. The van der Waals surface area contributed by atoms with E-state index >= 15 is 0 Å². The van der Waals surface area contributed by atoms with Crippen LogP contribution >= 0.6 is 23.2 Å². The van der Waals surface area contributed by atoms with Crippen LogP contribution in [0.1, 0.15) is 0 Å². The zero-order chi connectivity index (χ0) is 15.4. The van der Waals surface area contributed by atoms with Gasteiger partial charge in [0.05, 0.1) is 16.6 Å². The van der Waals surface area contributed by atoms with E-state index in [1.807, 2.05) is 0 Å². The van der Waals surface area contributed by atoms with Gasteiger partial charge in [0, 0.05) is 5.69 Å². The van der Waals surface area contributed by atoms with Crippen LogP contribution in [0, 0.1) is 11.6 Å². The molecule has 2 aromatic rings. The van der Waals surface area contributed by atoms with Crippen molar-refractivity contribution in [3.8, 4) is 0 Å². The fourth-order valence-electron chi connectivity index (χ4n) is 1.59. The summed E-state index contributed by atoms with van der Waals surface area (Å²) in [4.78, 5) is 11.7. The molecule has 2 N–H and O–H groups in total. The number of amides is 1. The molecule has 0 aliphatic rings. The van der Waals surface area contributed by atoms with Gasteiger partial charge in [-0.2, -0.15) is 0 Å². The van der Waals surface area contributed by atoms with Crippen molar-refractivity contribution in [3.63, 3.8) is 0 Å². The number of rotatable bonds is 4. The zero-order valence-electron chi connectivity index (χ0n) is 10.6. The minimum Gasteiger partial charge on any atom is -0.376 e. The summed E-state index contributed by atoms with van der Waals surface area (Å²) < 4.78 is 26.7. The molecule has 0 atom stereocenters. The van der Waals surface area contributed by atoms with Gasteiger partial charge >= 0.3 is 0 Å². The molecule has 0 saturated carbocycles. The molecule has 0 bridgehead atoms. The van der Waals surface area contributed by atoms with E-state index in [1.54, 1.807) is 18.2 Å². The fourth-order valence-corrected chi connectivity index (χ4v) is 1.89. The van der Waals surface area contributed by atoms with E-state index in [0.717, 1.165) is 12.1 Å². The second-order valence-corrected chi connectivity index (χ2v) is 4.94. The minimum atomic E-state index is -0.835. The van der Waals surface area contributed by atoms with Crippen LogP contribution in [-0.4, -0.2) is 12.5 Å². The summed E-state index contributed by atoms with van der Waals surface area (Å²) in [5, 5.41) is 5.66. The highest BCUT2D eigenvalue weighted by atomic mass is 35.5. The third-order valence-corrected chi connectivity index (χ3v) is 3.34. The first-order valence-electron chi connectivity index (χ1n) is 5.90. The van der Waals surface area contributed by atoms with E-state index in [4.69, 9.17) is 23.2 Å². The van der Waals surface area contributed by atoms with Gasteiger partial charge in [-0.05, 0) is 30.3 Å². The average molecular weight is 331 g/mol. The number of benzene rings is 2. The topological polar surface area (TPSA) is 41.1 Å². The Bertz CT molecular complexity index is 660. The van der Waals surface area contributed by atoms with E-state index in [0.29, 0.717) is 15.7 Å². The monoisotopic (exact) mass is 330 g/mol. The molecule has 0 unspecified atom stereocenters. The standard InChI is InChI=1S/C14H10Cl2F2N2O/c15-9-5-4-8(6-10(9)16)19-7-13(21)20-14-11(17)2-1-3-12(14)18/h1-6,19H,7H2,(H,20,21). The number of hydrogen-bond acceptors (Lipinski definition) is 2. The molecule has 2 rings (SSSR count). The summed E-state index contributed by atoms with van der Waals surface area (Å²) in [6.45, 7) is -0.175. The Morgan fingerprint density at radius 2 is 1.71 bits per heavy atom. The van der Waals surface area contributed by atoms with Crippen LogP contribution in [0.2, 0.25) is 10.0 Å². The highest BCUT2D eigenvalue weighted by molar-refractivity contribution is 6.42. The van der Waals surface area contributed by atoms with Gasteiger partial charge in [0.25, 0.3) is 0 Å². The molecule has 7 heteroatoms. The molecule has 0 aliphatic heterocycles. The molecule has 0 aromatic heterocycles. The van der Waals surface area contributed by atoms with Crippen molar-refractivity contribution in [2.24, 2.45) is 0 Å². The maximum Gasteiger partial charge on any atom is 0.243 e. The predicted octanol–water partition coefficient (Wildman–Crippen LogP) is 4.32. The summed E-state index contributed by atoms with van der Waals surface area (Å²) in [7, 11) is 0. The van der Waals surface area contributed by atoms with Crippen LogP contribution in [-0.2, 0) is 4.79 Å². The van der Waals surface area contributed by atoms with E-state index in [2.05, 4.69) is 10.6 Å². The summed E-state index contributed by atoms with van der Waals surface area (Å²) in [6, 6.07) is 8.08. The van der Waals surface area contributed by atoms with Crippen molar-refractivity contribution in [1.82, 2.24) is 0 Å². The van der Waals surface area contributed by atoms with E-state index in [1.165, 1.54) is 6.07 Å². The van der Waals surface area contributed by atoms with Crippen LogP contribution in [0.5, 0.6) is 0 Å². The van der Waals surface area contributed by atoms with Crippen molar-refractivity contribution >= 4 is 40.5 Å². The number of nitrogens with one attached hydrogen (secondary N) is 2. The number of anilines is 2. The van der Waals surface area contributed by atoms with Gasteiger partial charge in [0.1, 0.15) is 17.3 Å². The molecule has 2 aromatic carbocycles. The van der Waals surface area contributed by atoms with Gasteiger partial charge in [0.2, 0.25) is 5.91 Å². The van der Waals surface area contributed by atoms with Crippen molar-refractivity contribution in [2.45, 2.75) is 0 Å². The van der Waals surface area contributed by atoms with E-state index in [-0.39, 0.29) is 6.54 Å². The van der Waals surface area contributed by atoms with Crippen molar-refractivity contribution in [1.29, 1.82) is 0 Å². The van der Waals surface area contributed by atoms with Crippen LogP contribution in [0.4, 0.5) is 20.2 Å². The number of carbonyl (C=O) groups excluding carboxylic acids is 1. The van der Waals surface area contributed by atoms with Crippen molar-refractivity contribution in [3.05, 3.63) is 58.1 Å². The normalized spacial score (nSPS) is 10.3. The van der Waals surface area contributed by atoms with Crippen molar-refractivity contribution < 1.29 is 13.6 Å². The number of hydrogen-bond donors (Lipinski definition) is 2. The molecular weight excluding hydrogens is 321 g/mol. The molecule has 0 heterocycles. The highest BCUT2D eigenvalue weighted by Crippen LogP contribution is 2.25. The Hall–Kier alpha value is -1.85. The van der Waals surface area contributed by atoms with Gasteiger partial charge in [-0.15, -0.1) is 0 Å². The molecular formula is C14H10Cl2F2N2O. The van der Waals surface area contributed by atoms with Crippen LogP contribution in [0.15, 0.2) is 36.4 Å². The van der Waals surface area contributed by atoms with Gasteiger partial charge in [-0.3, -0.25) is 4.79 Å². The maximum absolute atomic E-state index is 13.4. The first-order valence-corrected chi connectivity index (χ1v) is 6.66. The second kappa shape index (κ2) is 6.74. The Morgan fingerprint density at radius 3 is 2.33 bits per heavy atom. The first-order chi connectivity index (χ1) is 9.97. The Balaban J connectivity index is 1.97.